The van der Waals surface area contributed by atoms with Gasteiger partial charge >= 0.3 is 12.0 Å². The lowest BCUT2D eigenvalue weighted by Crippen LogP contribution is -2.50. The number of carboxylic acid groups (broad SMARTS) is 1. The number of nitrogens with zero attached hydrogens (tertiary/aromatic N) is 1. The van der Waals surface area contributed by atoms with Crippen molar-refractivity contribution in [1.29, 1.82) is 0 Å². The number of hydrogen-bond donors (Lipinski definition) is 2. The molecule has 0 saturated heterocycles. The Hall–Kier alpha value is -2.50. The van der Waals surface area contributed by atoms with E-state index in [0.717, 1.165) is 0 Å². The van der Waals surface area contributed by atoms with Crippen LogP contribution in [0.25, 0.3) is 0 Å². The first-order valence-corrected chi connectivity index (χ1v) is 6.28. The summed E-state index contributed by atoms with van der Waals surface area (Å²) in [7, 11) is 0. The van der Waals surface area contributed by atoms with Gasteiger partial charge in [0.1, 0.15) is 5.75 Å². The average molecular weight is 276 g/mol. The molecule has 20 heavy (non-hydrogen) atoms. The van der Waals surface area contributed by atoms with Crippen LogP contribution < -0.4 is 15.0 Å². The second kappa shape index (κ2) is 6.10. The molecule has 6 heteroatoms. The Morgan fingerprint density at radius 1 is 1.50 bits per heavy atom. The van der Waals surface area contributed by atoms with Crippen LogP contribution in [-0.2, 0) is 4.79 Å². The van der Waals surface area contributed by atoms with Crippen LogP contribution in [0.5, 0.6) is 5.75 Å². The molecule has 1 aromatic rings. The maximum Gasteiger partial charge on any atom is 0.346 e. The van der Waals surface area contributed by atoms with Crippen molar-refractivity contribution in [1.82, 2.24) is 5.32 Å². The summed E-state index contributed by atoms with van der Waals surface area (Å²) >= 11 is 0. The molecular formula is C14H16N2O4. The van der Waals surface area contributed by atoms with Crippen LogP contribution in [0, 0.1) is 0 Å². The SMILES string of the molecule is C=CCCNC(=O)N1CC(C(=O)O)Oc2ccccc21. The first kappa shape index (κ1) is 13.9. The van der Waals surface area contributed by atoms with Crippen LogP contribution >= 0.6 is 0 Å². The van der Waals surface area contributed by atoms with Crippen molar-refractivity contribution >= 4 is 17.7 Å². The predicted octanol–water partition coefficient (Wildman–Crippen LogP) is 1.62. The van der Waals surface area contributed by atoms with Gasteiger partial charge in [0, 0.05) is 6.54 Å². The molecule has 0 aromatic heterocycles. The Morgan fingerprint density at radius 3 is 2.95 bits per heavy atom. The third-order valence-electron chi connectivity index (χ3n) is 2.92. The fourth-order valence-electron chi connectivity index (χ4n) is 1.93. The van der Waals surface area contributed by atoms with E-state index >= 15 is 0 Å². The minimum atomic E-state index is -1.09. The van der Waals surface area contributed by atoms with Crippen molar-refractivity contribution in [3.05, 3.63) is 36.9 Å². The van der Waals surface area contributed by atoms with Crippen molar-refractivity contribution in [3.8, 4) is 5.75 Å². The van der Waals surface area contributed by atoms with Crippen molar-refractivity contribution in [2.75, 3.05) is 18.0 Å². The van der Waals surface area contributed by atoms with E-state index in [-0.39, 0.29) is 12.6 Å². The van der Waals surface area contributed by atoms with Crippen LogP contribution in [-0.4, -0.2) is 36.3 Å². The summed E-state index contributed by atoms with van der Waals surface area (Å²) in [4.78, 5) is 24.6. The summed E-state index contributed by atoms with van der Waals surface area (Å²) in [6.07, 6.45) is 1.29. The normalized spacial score (nSPS) is 16.8. The molecule has 2 N–H and O–H groups in total. The minimum Gasteiger partial charge on any atom is -0.478 e. The van der Waals surface area contributed by atoms with Crippen LogP contribution in [0.4, 0.5) is 10.5 Å². The molecule has 1 unspecified atom stereocenters. The number of anilines is 1. The highest BCUT2D eigenvalue weighted by atomic mass is 16.5. The zero-order valence-electron chi connectivity index (χ0n) is 10.9. The number of benzene rings is 1. The molecule has 0 fully saturated rings. The summed E-state index contributed by atoms with van der Waals surface area (Å²) in [5, 5.41) is 11.8. The molecule has 0 spiro atoms. The van der Waals surface area contributed by atoms with E-state index in [0.29, 0.717) is 24.4 Å². The Bertz CT molecular complexity index is 530. The van der Waals surface area contributed by atoms with Crippen LogP contribution in [0.15, 0.2) is 36.9 Å². The number of nitrogens with one attached hydrogen (secondary N) is 1. The molecule has 0 bridgehead atoms. The number of ether oxygens (including phenoxy) is 1. The Kier molecular flexibility index (Phi) is 4.24. The smallest absolute Gasteiger partial charge is 0.346 e. The fraction of sp³-hybridized carbons (Fsp3) is 0.286. The Morgan fingerprint density at radius 2 is 2.25 bits per heavy atom. The Labute approximate surface area is 116 Å². The number of rotatable bonds is 4. The Balaban J connectivity index is 2.20. The van der Waals surface area contributed by atoms with Crippen molar-refractivity contribution in [2.45, 2.75) is 12.5 Å². The fourth-order valence-corrected chi connectivity index (χ4v) is 1.93. The zero-order valence-corrected chi connectivity index (χ0v) is 10.9. The minimum absolute atomic E-state index is 0.0216. The number of para-hydroxylation sites is 2. The number of carboxylic acids is 1. The van der Waals surface area contributed by atoms with Gasteiger partial charge in [-0.15, -0.1) is 6.58 Å². The zero-order chi connectivity index (χ0) is 14.5. The van der Waals surface area contributed by atoms with Gasteiger partial charge in [-0.2, -0.15) is 0 Å². The maximum absolute atomic E-state index is 12.1. The van der Waals surface area contributed by atoms with Crippen LogP contribution in [0.1, 0.15) is 6.42 Å². The summed E-state index contributed by atoms with van der Waals surface area (Å²) in [6.45, 7) is 4.02. The highest BCUT2D eigenvalue weighted by molar-refractivity contribution is 5.95. The van der Waals surface area contributed by atoms with Gasteiger partial charge in [0.25, 0.3) is 0 Å². The van der Waals surface area contributed by atoms with E-state index in [4.69, 9.17) is 9.84 Å². The summed E-state index contributed by atoms with van der Waals surface area (Å²) in [5.74, 6) is -0.701. The first-order chi connectivity index (χ1) is 9.63. The summed E-state index contributed by atoms with van der Waals surface area (Å²) < 4.78 is 5.36. The quantitative estimate of drug-likeness (QED) is 0.647. The summed E-state index contributed by atoms with van der Waals surface area (Å²) in [5.41, 5.74) is 0.570. The topological polar surface area (TPSA) is 78.9 Å². The molecule has 0 aliphatic carbocycles. The van der Waals surface area contributed by atoms with Gasteiger partial charge in [-0.25, -0.2) is 9.59 Å². The molecule has 6 nitrogen and oxygen atoms in total. The standard InChI is InChI=1S/C14H16N2O4/c1-2-3-8-15-14(19)16-9-12(13(17)18)20-11-7-5-4-6-10(11)16/h2,4-7,12H,1,3,8-9H2,(H,15,19)(H,17,18). The average Bonchev–Trinajstić information content (AvgIpc) is 2.46. The van der Waals surface area contributed by atoms with E-state index in [1.54, 1.807) is 30.3 Å². The molecule has 0 radical (unpaired) electrons. The molecule has 0 saturated carbocycles. The molecule has 1 atom stereocenters. The first-order valence-electron chi connectivity index (χ1n) is 6.28. The molecule has 1 aromatic carbocycles. The third-order valence-corrected chi connectivity index (χ3v) is 2.92. The van der Waals surface area contributed by atoms with E-state index in [9.17, 15) is 9.59 Å². The lowest BCUT2D eigenvalue weighted by atomic mass is 10.2. The number of hydrogen-bond acceptors (Lipinski definition) is 3. The molecule has 1 heterocycles. The number of urea groups is 1. The van der Waals surface area contributed by atoms with E-state index < -0.39 is 12.1 Å². The maximum atomic E-state index is 12.1. The van der Waals surface area contributed by atoms with Gasteiger partial charge in [0.2, 0.25) is 6.10 Å². The number of aliphatic carboxylic acids is 1. The molecule has 1 aliphatic rings. The number of fused-ring (bicyclic) bond motifs is 1. The summed E-state index contributed by atoms with van der Waals surface area (Å²) in [6, 6.07) is 6.54. The van der Waals surface area contributed by atoms with Gasteiger partial charge in [-0.3, -0.25) is 4.90 Å². The molecule has 106 valence electrons. The van der Waals surface area contributed by atoms with Gasteiger partial charge in [-0.05, 0) is 18.6 Å². The number of carbonyl (C=O) groups excluding carboxylic acids is 1. The highest BCUT2D eigenvalue weighted by Gasteiger charge is 2.33. The van der Waals surface area contributed by atoms with Crippen molar-refractivity contribution < 1.29 is 19.4 Å². The predicted molar refractivity (Wildman–Crippen MR) is 74.1 cm³/mol. The number of amides is 2. The number of carbonyl (C=O) groups is 2. The van der Waals surface area contributed by atoms with Crippen LogP contribution in [0.2, 0.25) is 0 Å². The second-order valence-electron chi connectivity index (χ2n) is 4.33. The van der Waals surface area contributed by atoms with E-state index in [1.165, 1.54) is 4.90 Å². The van der Waals surface area contributed by atoms with Gasteiger partial charge < -0.3 is 15.2 Å². The lowest BCUT2D eigenvalue weighted by Gasteiger charge is -2.32. The van der Waals surface area contributed by atoms with Crippen LogP contribution in [0.3, 0.4) is 0 Å². The second-order valence-corrected chi connectivity index (χ2v) is 4.33. The van der Waals surface area contributed by atoms with E-state index in [1.807, 2.05) is 0 Å². The largest absolute Gasteiger partial charge is 0.478 e. The molecule has 2 rings (SSSR count). The van der Waals surface area contributed by atoms with Crippen molar-refractivity contribution in [2.24, 2.45) is 0 Å². The third kappa shape index (κ3) is 2.90. The molecule has 1 aliphatic heterocycles. The van der Waals surface area contributed by atoms with Crippen molar-refractivity contribution in [3.63, 3.8) is 0 Å². The lowest BCUT2D eigenvalue weighted by molar-refractivity contribution is -0.144. The van der Waals surface area contributed by atoms with E-state index in [2.05, 4.69) is 11.9 Å². The highest BCUT2D eigenvalue weighted by Crippen LogP contribution is 2.33. The van der Waals surface area contributed by atoms with Gasteiger partial charge in [0.05, 0.1) is 12.2 Å². The van der Waals surface area contributed by atoms with Gasteiger partial charge in [-0.1, -0.05) is 18.2 Å². The molecular weight excluding hydrogens is 260 g/mol. The van der Waals surface area contributed by atoms with Gasteiger partial charge in [0.15, 0.2) is 0 Å². The monoisotopic (exact) mass is 276 g/mol. The molecule has 2 amide bonds.